The third-order valence-corrected chi connectivity index (χ3v) is 2.76. The van der Waals surface area contributed by atoms with Crippen molar-refractivity contribution in [2.24, 2.45) is 0 Å². The van der Waals surface area contributed by atoms with Crippen molar-refractivity contribution in [3.05, 3.63) is 36.4 Å². The van der Waals surface area contributed by atoms with Gasteiger partial charge in [0.15, 0.2) is 5.82 Å². The lowest BCUT2D eigenvalue weighted by molar-refractivity contribution is 0.854. The molecule has 0 amide bonds. The highest BCUT2D eigenvalue weighted by atomic mass is 15.4. The van der Waals surface area contributed by atoms with Gasteiger partial charge in [-0.05, 0) is 25.1 Å². The Morgan fingerprint density at radius 3 is 2.84 bits per heavy atom. The fraction of sp³-hybridized carbons (Fsp3) is 0.154. The average molecular weight is 254 g/mol. The number of aromatic nitrogens is 4. The summed E-state index contributed by atoms with van der Waals surface area (Å²) in [5, 5.41) is 8.36. The van der Waals surface area contributed by atoms with Crippen LogP contribution < -0.4 is 11.1 Å². The molecule has 0 saturated heterocycles. The lowest BCUT2D eigenvalue weighted by Gasteiger charge is -2.06. The lowest BCUT2D eigenvalue weighted by atomic mass is 10.2. The molecule has 3 aromatic rings. The average Bonchev–Trinajstić information content (AvgIpc) is 2.80. The van der Waals surface area contributed by atoms with Crippen LogP contribution >= 0.6 is 0 Å². The molecule has 6 nitrogen and oxygen atoms in total. The van der Waals surface area contributed by atoms with Crippen molar-refractivity contribution in [3.63, 3.8) is 0 Å². The van der Waals surface area contributed by atoms with Gasteiger partial charge in [0, 0.05) is 11.9 Å². The van der Waals surface area contributed by atoms with E-state index >= 15 is 0 Å². The molecule has 0 spiro atoms. The first-order valence-corrected chi connectivity index (χ1v) is 6.10. The number of para-hydroxylation sites is 1. The van der Waals surface area contributed by atoms with Crippen LogP contribution in [0.4, 0.5) is 11.9 Å². The number of nitrogens with two attached hydrogens (primary N) is 1. The Hall–Kier alpha value is -2.63. The zero-order chi connectivity index (χ0) is 13.2. The number of pyridine rings is 1. The van der Waals surface area contributed by atoms with Gasteiger partial charge in [0.05, 0.1) is 5.52 Å². The highest BCUT2D eigenvalue weighted by Gasteiger charge is 2.10. The summed E-state index contributed by atoms with van der Waals surface area (Å²) in [7, 11) is 0. The first-order chi connectivity index (χ1) is 9.28. The molecule has 0 saturated carbocycles. The van der Waals surface area contributed by atoms with Crippen molar-refractivity contribution in [1.29, 1.82) is 0 Å². The molecule has 0 aliphatic rings. The maximum absolute atomic E-state index is 5.65. The topological polar surface area (TPSA) is 81.6 Å². The number of hydrogen-bond donors (Lipinski definition) is 2. The zero-order valence-electron chi connectivity index (χ0n) is 10.5. The van der Waals surface area contributed by atoms with Gasteiger partial charge in [0.25, 0.3) is 0 Å². The fourth-order valence-electron chi connectivity index (χ4n) is 1.93. The number of benzene rings is 1. The van der Waals surface area contributed by atoms with E-state index in [1.165, 1.54) is 0 Å². The molecule has 0 fully saturated rings. The summed E-state index contributed by atoms with van der Waals surface area (Å²) >= 11 is 0. The maximum Gasteiger partial charge on any atom is 0.241 e. The van der Waals surface area contributed by atoms with Gasteiger partial charge >= 0.3 is 0 Å². The van der Waals surface area contributed by atoms with Crippen LogP contribution in [0.5, 0.6) is 0 Å². The van der Waals surface area contributed by atoms with E-state index in [1.54, 1.807) is 4.68 Å². The van der Waals surface area contributed by atoms with Crippen LogP contribution in [0.25, 0.3) is 16.7 Å². The molecular formula is C13H14N6. The highest BCUT2D eigenvalue weighted by Crippen LogP contribution is 2.17. The Balaban J connectivity index is 2.13. The molecule has 1 aromatic carbocycles. The van der Waals surface area contributed by atoms with E-state index in [1.807, 2.05) is 43.3 Å². The lowest BCUT2D eigenvalue weighted by Crippen LogP contribution is -2.07. The van der Waals surface area contributed by atoms with Gasteiger partial charge in [-0.15, -0.1) is 5.10 Å². The van der Waals surface area contributed by atoms with Crippen LogP contribution in [-0.2, 0) is 0 Å². The molecule has 0 radical (unpaired) electrons. The van der Waals surface area contributed by atoms with Gasteiger partial charge in [0.1, 0.15) is 0 Å². The molecule has 19 heavy (non-hydrogen) atoms. The van der Waals surface area contributed by atoms with Gasteiger partial charge in [-0.25, -0.2) is 4.98 Å². The van der Waals surface area contributed by atoms with Gasteiger partial charge < -0.3 is 11.1 Å². The number of anilines is 2. The number of nitrogens with zero attached hydrogens (tertiary/aromatic N) is 4. The quantitative estimate of drug-likeness (QED) is 0.745. The second-order valence-electron chi connectivity index (χ2n) is 4.10. The molecule has 0 atom stereocenters. The Labute approximate surface area is 110 Å². The number of rotatable bonds is 3. The van der Waals surface area contributed by atoms with Gasteiger partial charge in [0.2, 0.25) is 11.9 Å². The molecule has 3 rings (SSSR count). The number of hydrogen-bond acceptors (Lipinski definition) is 5. The number of fused-ring (bicyclic) bond motifs is 1. The molecule has 2 heterocycles. The standard InChI is InChI=1S/C13H14N6/c1-2-15-13-17-12(14)18-19(13)11-8-7-9-5-3-4-6-10(9)16-11/h3-8H,2H2,1H3,(H3,14,15,17,18). The Bertz CT molecular complexity index is 718. The van der Waals surface area contributed by atoms with Crippen molar-refractivity contribution >= 4 is 22.8 Å². The van der Waals surface area contributed by atoms with Crippen LogP contribution in [0.3, 0.4) is 0 Å². The van der Waals surface area contributed by atoms with Crippen molar-refractivity contribution in [2.45, 2.75) is 6.92 Å². The third-order valence-electron chi connectivity index (χ3n) is 2.76. The summed E-state index contributed by atoms with van der Waals surface area (Å²) in [6, 6.07) is 11.8. The van der Waals surface area contributed by atoms with E-state index in [2.05, 4.69) is 20.4 Å². The van der Waals surface area contributed by atoms with Crippen LogP contribution in [0.1, 0.15) is 6.92 Å². The predicted octanol–water partition coefficient (Wildman–Crippen LogP) is 1.83. The summed E-state index contributed by atoms with van der Waals surface area (Å²) in [5.41, 5.74) is 6.56. The Morgan fingerprint density at radius 2 is 2.00 bits per heavy atom. The zero-order valence-corrected chi connectivity index (χ0v) is 10.5. The normalized spacial score (nSPS) is 10.8. The monoisotopic (exact) mass is 254 g/mol. The SMILES string of the molecule is CCNc1nc(N)nn1-c1ccc2ccccc2n1. The maximum atomic E-state index is 5.65. The first kappa shape index (κ1) is 11.5. The summed E-state index contributed by atoms with van der Waals surface area (Å²) < 4.78 is 1.62. The summed E-state index contributed by atoms with van der Waals surface area (Å²) in [6.45, 7) is 2.73. The molecule has 0 aliphatic carbocycles. The molecule has 96 valence electrons. The van der Waals surface area contributed by atoms with Crippen molar-refractivity contribution in [1.82, 2.24) is 19.7 Å². The number of nitrogen functional groups attached to an aromatic ring is 1. The largest absolute Gasteiger partial charge is 0.366 e. The van der Waals surface area contributed by atoms with E-state index in [-0.39, 0.29) is 5.95 Å². The van der Waals surface area contributed by atoms with Crippen molar-refractivity contribution in [2.75, 3.05) is 17.6 Å². The van der Waals surface area contributed by atoms with Crippen molar-refractivity contribution < 1.29 is 0 Å². The minimum atomic E-state index is 0.228. The third kappa shape index (κ3) is 2.08. The molecule has 2 aromatic heterocycles. The minimum Gasteiger partial charge on any atom is -0.366 e. The van der Waals surface area contributed by atoms with E-state index < -0.39 is 0 Å². The number of nitrogens with one attached hydrogen (secondary N) is 1. The second-order valence-corrected chi connectivity index (χ2v) is 4.10. The molecule has 0 unspecified atom stereocenters. The van der Waals surface area contributed by atoms with E-state index in [0.717, 1.165) is 17.4 Å². The smallest absolute Gasteiger partial charge is 0.241 e. The van der Waals surface area contributed by atoms with E-state index in [0.29, 0.717) is 11.8 Å². The Morgan fingerprint density at radius 1 is 1.16 bits per heavy atom. The molecular weight excluding hydrogens is 240 g/mol. The van der Waals surface area contributed by atoms with E-state index in [4.69, 9.17) is 5.73 Å². The molecule has 3 N–H and O–H groups in total. The molecule has 0 aliphatic heterocycles. The second kappa shape index (κ2) is 4.56. The highest BCUT2D eigenvalue weighted by molar-refractivity contribution is 5.79. The first-order valence-electron chi connectivity index (χ1n) is 6.10. The van der Waals surface area contributed by atoms with E-state index in [9.17, 15) is 0 Å². The summed E-state index contributed by atoms with van der Waals surface area (Å²) in [6.07, 6.45) is 0. The molecule has 0 bridgehead atoms. The van der Waals surface area contributed by atoms with Crippen LogP contribution in [-0.4, -0.2) is 26.3 Å². The summed E-state index contributed by atoms with van der Waals surface area (Å²) in [4.78, 5) is 8.70. The van der Waals surface area contributed by atoms with Crippen LogP contribution in [0.2, 0.25) is 0 Å². The van der Waals surface area contributed by atoms with Gasteiger partial charge in [-0.3, -0.25) is 0 Å². The minimum absolute atomic E-state index is 0.228. The van der Waals surface area contributed by atoms with Crippen LogP contribution in [0.15, 0.2) is 36.4 Å². The summed E-state index contributed by atoms with van der Waals surface area (Å²) in [5.74, 6) is 1.52. The van der Waals surface area contributed by atoms with Gasteiger partial charge in [-0.2, -0.15) is 9.67 Å². The molecule has 6 heteroatoms. The van der Waals surface area contributed by atoms with Crippen LogP contribution in [0, 0.1) is 0 Å². The fourth-order valence-corrected chi connectivity index (χ4v) is 1.93. The van der Waals surface area contributed by atoms with Gasteiger partial charge in [-0.1, -0.05) is 18.2 Å². The Kier molecular flexibility index (Phi) is 2.75. The van der Waals surface area contributed by atoms with Crippen molar-refractivity contribution in [3.8, 4) is 5.82 Å². The predicted molar refractivity (Wildman–Crippen MR) is 75.2 cm³/mol.